The van der Waals surface area contributed by atoms with Crippen molar-refractivity contribution in [3.63, 3.8) is 0 Å². The number of carboxylic acids is 1. The zero-order chi connectivity index (χ0) is 21.6. The maximum Gasteiger partial charge on any atom is 0.327 e. The predicted octanol–water partition coefficient (Wildman–Crippen LogP) is -0.162. The molecular formula is C20H24N4O5S. The third kappa shape index (κ3) is 3.43. The zero-order valence-electron chi connectivity index (χ0n) is 16.6. The molecule has 160 valence electrons. The number of rotatable bonds is 6. The Kier molecular flexibility index (Phi) is 5.23. The molecule has 5 atom stereocenters. The van der Waals surface area contributed by atoms with Crippen LogP contribution in [0.1, 0.15) is 31.9 Å². The van der Waals surface area contributed by atoms with Crippen LogP contribution in [-0.4, -0.2) is 68.5 Å². The molecule has 4 N–H and O–H groups in total. The average molecular weight is 433 g/mol. The summed E-state index contributed by atoms with van der Waals surface area (Å²) in [4.78, 5) is 51.1. The van der Waals surface area contributed by atoms with E-state index >= 15 is 0 Å². The van der Waals surface area contributed by atoms with Gasteiger partial charge in [-0.3, -0.25) is 14.4 Å². The van der Waals surface area contributed by atoms with Crippen LogP contribution >= 0.6 is 11.8 Å². The Morgan fingerprint density at radius 2 is 1.93 bits per heavy atom. The molecular weight excluding hydrogens is 408 g/mol. The van der Waals surface area contributed by atoms with Crippen LogP contribution in [0.5, 0.6) is 0 Å². The van der Waals surface area contributed by atoms with Crippen LogP contribution in [0.15, 0.2) is 30.3 Å². The molecule has 4 rings (SSSR count). The molecule has 3 saturated heterocycles. The number of aliphatic carboxylic acids is 1. The number of nitrogens with zero attached hydrogens (tertiary/aromatic N) is 1. The summed E-state index contributed by atoms with van der Waals surface area (Å²) in [7, 11) is 0. The highest BCUT2D eigenvalue weighted by atomic mass is 32.2. The second-order valence-corrected chi connectivity index (χ2v) is 10.0. The van der Waals surface area contributed by atoms with Crippen LogP contribution in [0.4, 0.5) is 0 Å². The van der Waals surface area contributed by atoms with E-state index in [1.165, 1.54) is 16.7 Å². The van der Waals surface area contributed by atoms with E-state index in [1.54, 1.807) is 38.1 Å². The van der Waals surface area contributed by atoms with Gasteiger partial charge in [-0.05, 0) is 32.4 Å². The first-order valence-corrected chi connectivity index (χ1v) is 10.7. The summed E-state index contributed by atoms with van der Waals surface area (Å²) in [5, 5.41) is 17.6. The highest BCUT2D eigenvalue weighted by Crippen LogP contribution is 2.50. The summed E-state index contributed by atoms with van der Waals surface area (Å²) in [6.07, 6.45) is 0.704. The molecule has 3 amide bonds. The maximum atomic E-state index is 13.1. The van der Waals surface area contributed by atoms with E-state index in [-0.39, 0.29) is 11.9 Å². The van der Waals surface area contributed by atoms with Crippen LogP contribution in [0.25, 0.3) is 0 Å². The molecule has 10 heteroatoms. The molecule has 3 heterocycles. The van der Waals surface area contributed by atoms with Crippen molar-refractivity contribution < 1.29 is 24.3 Å². The Bertz CT molecular complexity index is 888. The number of carbonyl (C=O) groups is 4. The van der Waals surface area contributed by atoms with E-state index in [4.69, 9.17) is 0 Å². The third-order valence-electron chi connectivity index (χ3n) is 5.79. The van der Waals surface area contributed by atoms with Gasteiger partial charge in [0.1, 0.15) is 23.5 Å². The van der Waals surface area contributed by atoms with E-state index < -0.39 is 46.0 Å². The fourth-order valence-corrected chi connectivity index (χ4v) is 5.71. The van der Waals surface area contributed by atoms with E-state index in [1.807, 2.05) is 6.07 Å². The molecule has 3 aliphatic heterocycles. The number of carboxylic acid groups (broad SMARTS) is 1. The smallest absolute Gasteiger partial charge is 0.327 e. The topological polar surface area (TPSA) is 128 Å². The van der Waals surface area contributed by atoms with E-state index in [2.05, 4.69) is 16.0 Å². The van der Waals surface area contributed by atoms with Crippen LogP contribution in [0, 0.1) is 0 Å². The second-order valence-electron chi connectivity index (χ2n) is 8.23. The lowest BCUT2D eigenvalue weighted by Gasteiger charge is -2.44. The van der Waals surface area contributed by atoms with Crippen molar-refractivity contribution in [3.8, 4) is 0 Å². The molecule has 2 unspecified atom stereocenters. The molecule has 3 fully saturated rings. The molecule has 0 aromatic heterocycles. The molecule has 1 aromatic carbocycles. The summed E-state index contributed by atoms with van der Waals surface area (Å²) >= 11 is 1.36. The molecule has 1 aromatic rings. The van der Waals surface area contributed by atoms with Gasteiger partial charge < -0.3 is 26.0 Å². The summed E-state index contributed by atoms with van der Waals surface area (Å²) < 4.78 is -0.672. The monoisotopic (exact) mass is 432 g/mol. The first kappa shape index (κ1) is 20.7. The van der Waals surface area contributed by atoms with Crippen LogP contribution < -0.4 is 16.0 Å². The van der Waals surface area contributed by atoms with Crippen LogP contribution in [0.2, 0.25) is 0 Å². The first-order valence-electron chi connectivity index (χ1n) is 9.82. The Morgan fingerprint density at radius 3 is 2.50 bits per heavy atom. The molecule has 9 nitrogen and oxygen atoms in total. The Morgan fingerprint density at radius 1 is 1.27 bits per heavy atom. The third-order valence-corrected chi connectivity index (χ3v) is 7.37. The number of carbonyl (C=O) groups excluding carboxylic acids is 3. The van der Waals surface area contributed by atoms with Gasteiger partial charge in [0.2, 0.25) is 17.7 Å². The molecule has 0 spiro atoms. The lowest BCUT2D eigenvalue weighted by atomic mass is 9.95. The van der Waals surface area contributed by atoms with E-state index in [0.29, 0.717) is 12.0 Å². The highest BCUT2D eigenvalue weighted by Gasteiger charge is 2.64. The van der Waals surface area contributed by atoms with Crippen molar-refractivity contribution >= 4 is 35.5 Å². The summed E-state index contributed by atoms with van der Waals surface area (Å²) in [6.45, 7) is 4.31. The number of thioether (sulfide) groups is 1. The fourth-order valence-electron chi connectivity index (χ4n) is 4.08. The van der Waals surface area contributed by atoms with E-state index in [0.717, 1.165) is 6.54 Å². The Hall–Kier alpha value is -2.59. The van der Waals surface area contributed by atoms with Gasteiger partial charge >= 0.3 is 5.97 Å². The van der Waals surface area contributed by atoms with Crippen LogP contribution in [0.3, 0.4) is 0 Å². The van der Waals surface area contributed by atoms with Crippen LogP contribution in [-0.2, 0) is 19.2 Å². The summed E-state index contributed by atoms with van der Waals surface area (Å²) in [5.41, 5.74) is 0.606. The Balaban J connectivity index is 1.50. The quantitative estimate of drug-likeness (QED) is 0.460. The maximum absolute atomic E-state index is 13.1. The highest BCUT2D eigenvalue weighted by molar-refractivity contribution is 8.01. The zero-order valence-corrected chi connectivity index (χ0v) is 17.4. The van der Waals surface area contributed by atoms with Gasteiger partial charge in [0.15, 0.2) is 0 Å². The van der Waals surface area contributed by atoms with Gasteiger partial charge in [-0.2, -0.15) is 0 Å². The minimum atomic E-state index is -1.06. The van der Waals surface area contributed by atoms with Gasteiger partial charge in [-0.1, -0.05) is 30.3 Å². The normalized spacial score (nSPS) is 29.8. The number of β-lactam (4-membered cyclic amide) rings is 1. The van der Waals surface area contributed by atoms with Crippen molar-refractivity contribution in [1.82, 2.24) is 20.9 Å². The number of amides is 3. The largest absolute Gasteiger partial charge is 0.480 e. The van der Waals surface area contributed by atoms with Crippen molar-refractivity contribution in [2.24, 2.45) is 0 Å². The second kappa shape index (κ2) is 7.59. The van der Waals surface area contributed by atoms with Crippen molar-refractivity contribution in [2.75, 3.05) is 6.54 Å². The molecule has 0 bridgehead atoms. The molecule has 30 heavy (non-hydrogen) atoms. The van der Waals surface area contributed by atoms with E-state index in [9.17, 15) is 24.3 Å². The lowest BCUT2D eigenvalue weighted by Crippen LogP contribution is -2.71. The standard InChI is InChI=1S/C20H24N4O5S/c1-20(2)14(19(28)29)24-17(27)13(18(24)30-20)23-16(26)12(10-6-4-3-5-7-10)22-15(25)11-8-9-21-11/h3-7,11-14,18,21H,8-9H2,1-2H3,(H,22,25)(H,23,26)(H,28,29)/t11?,12?,13-,14+,18-/m1/s1. The van der Waals surface area contributed by atoms with Gasteiger partial charge in [0.05, 0.1) is 6.04 Å². The number of hydrogen-bond donors (Lipinski definition) is 4. The minimum Gasteiger partial charge on any atom is -0.480 e. The molecule has 0 saturated carbocycles. The number of hydrogen-bond acceptors (Lipinski definition) is 6. The number of nitrogens with one attached hydrogen (secondary N) is 3. The van der Waals surface area contributed by atoms with Gasteiger partial charge in [-0.15, -0.1) is 11.8 Å². The molecule has 3 aliphatic rings. The Labute approximate surface area is 177 Å². The first-order chi connectivity index (χ1) is 14.2. The lowest BCUT2D eigenvalue weighted by molar-refractivity contribution is -0.161. The average Bonchev–Trinajstić information content (AvgIpc) is 2.91. The van der Waals surface area contributed by atoms with Crippen molar-refractivity contribution in [2.45, 2.75) is 54.6 Å². The minimum absolute atomic E-state index is 0.269. The SMILES string of the molecule is CC1(C)S[C@@H]2[C@H](NC(=O)C(NC(=O)C3CCN3)c3ccccc3)C(=O)N2[C@H]1C(=O)O. The molecule has 0 radical (unpaired) electrons. The van der Waals surface area contributed by atoms with Crippen molar-refractivity contribution in [1.29, 1.82) is 0 Å². The van der Waals surface area contributed by atoms with Crippen molar-refractivity contribution in [3.05, 3.63) is 35.9 Å². The van der Waals surface area contributed by atoms with Gasteiger partial charge in [0, 0.05) is 4.75 Å². The number of benzene rings is 1. The summed E-state index contributed by atoms with van der Waals surface area (Å²) in [5.74, 6) is -2.24. The summed E-state index contributed by atoms with van der Waals surface area (Å²) in [6, 6.07) is 5.79. The van der Waals surface area contributed by atoms with Gasteiger partial charge in [0.25, 0.3) is 0 Å². The number of fused-ring (bicyclic) bond motifs is 1. The predicted molar refractivity (Wildman–Crippen MR) is 109 cm³/mol. The fraction of sp³-hybridized carbons (Fsp3) is 0.500. The molecule has 0 aliphatic carbocycles. The van der Waals surface area contributed by atoms with Gasteiger partial charge in [-0.25, -0.2) is 4.79 Å².